The van der Waals surface area contributed by atoms with E-state index in [0.717, 1.165) is 0 Å². The molecular formula is C14H17N11O4S2. The zero-order valence-corrected chi connectivity index (χ0v) is 17.5. The van der Waals surface area contributed by atoms with E-state index in [-0.39, 0.29) is 12.2 Å². The van der Waals surface area contributed by atoms with Crippen LogP contribution >= 0.6 is 23.5 Å². The molecule has 2 aromatic rings. The number of nitrogens with two attached hydrogens (primary N) is 1. The number of carboxylic acids is 1. The van der Waals surface area contributed by atoms with Gasteiger partial charge in [-0.15, -0.1) is 22.0 Å². The molecule has 1 unspecified atom stereocenters. The average molecular weight is 467 g/mol. The number of tetrazole rings is 2. The van der Waals surface area contributed by atoms with Crippen molar-refractivity contribution in [1.82, 2.24) is 50.6 Å². The zero-order chi connectivity index (χ0) is 22.0. The van der Waals surface area contributed by atoms with Crippen LogP contribution < -0.4 is 11.1 Å². The van der Waals surface area contributed by atoms with E-state index in [1.165, 1.54) is 44.1 Å². The molecule has 2 aliphatic heterocycles. The monoisotopic (exact) mass is 467 g/mol. The van der Waals surface area contributed by atoms with Crippen LogP contribution in [-0.4, -0.2) is 97.7 Å². The van der Waals surface area contributed by atoms with E-state index < -0.39 is 29.2 Å². The van der Waals surface area contributed by atoms with Crippen molar-refractivity contribution in [2.45, 2.75) is 29.7 Å². The van der Waals surface area contributed by atoms with E-state index in [0.29, 0.717) is 35.3 Å². The van der Waals surface area contributed by atoms with E-state index in [9.17, 15) is 19.5 Å². The largest absolute Gasteiger partial charge is 0.477 e. The van der Waals surface area contributed by atoms with E-state index >= 15 is 0 Å². The number of rotatable bonds is 9. The molecule has 31 heavy (non-hydrogen) atoms. The molecule has 15 nitrogen and oxygen atoms in total. The minimum absolute atomic E-state index is 0.0647. The second-order valence-electron chi connectivity index (χ2n) is 6.48. The Kier molecular flexibility index (Phi) is 6.14. The number of hydrogen-bond donors (Lipinski definition) is 3. The Morgan fingerprint density at radius 2 is 2.19 bits per heavy atom. The van der Waals surface area contributed by atoms with Crippen molar-refractivity contribution in [2.75, 3.05) is 18.1 Å². The van der Waals surface area contributed by atoms with E-state index in [4.69, 9.17) is 5.73 Å². The van der Waals surface area contributed by atoms with Gasteiger partial charge in [-0.2, -0.15) is 0 Å². The lowest BCUT2D eigenvalue weighted by Gasteiger charge is -2.49. The van der Waals surface area contributed by atoms with Crippen LogP contribution in [0.3, 0.4) is 0 Å². The maximum atomic E-state index is 12.7. The third-order valence-electron chi connectivity index (χ3n) is 4.48. The van der Waals surface area contributed by atoms with E-state index in [1.54, 1.807) is 0 Å². The summed E-state index contributed by atoms with van der Waals surface area (Å²) in [6.07, 6.45) is 1.28. The second kappa shape index (κ2) is 8.98. The molecule has 4 N–H and O–H groups in total. The van der Waals surface area contributed by atoms with E-state index in [1.807, 2.05) is 0 Å². The highest BCUT2D eigenvalue weighted by Crippen LogP contribution is 2.41. The first-order chi connectivity index (χ1) is 15.0. The molecule has 2 aliphatic rings. The number of nitrogens with one attached hydrogen (secondary N) is 1. The molecule has 2 aromatic heterocycles. The summed E-state index contributed by atoms with van der Waals surface area (Å²) in [5.41, 5.74) is 6.04. The number of amides is 2. The van der Waals surface area contributed by atoms with Crippen LogP contribution in [0.2, 0.25) is 0 Å². The Morgan fingerprint density at radius 1 is 1.35 bits per heavy atom. The van der Waals surface area contributed by atoms with Gasteiger partial charge in [0, 0.05) is 18.1 Å². The van der Waals surface area contributed by atoms with Gasteiger partial charge in [0.05, 0.1) is 6.54 Å². The van der Waals surface area contributed by atoms with Crippen LogP contribution in [0.25, 0.3) is 0 Å². The average Bonchev–Trinajstić information content (AvgIpc) is 3.42. The molecule has 1 saturated heterocycles. The van der Waals surface area contributed by atoms with Crippen molar-refractivity contribution in [1.29, 1.82) is 0 Å². The molecule has 4 heterocycles. The number of carboxylic acid groups (broad SMARTS) is 1. The van der Waals surface area contributed by atoms with Gasteiger partial charge in [0.2, 0.25) is 11.1 Å². The topological polar surface area (TPSA) is 200 Å². The maximum Gasteiger partial charge on any atom is 0.352 e. The predicted octanol–water partition coefficient (Wildman–Crippen LogP) is -2.85. The number of nitrogens with zero attached hydrogens (tertiary/aromatic N) is 9. The highest BCUT2D eigenvalue weighted by molar-refractivity contribution is 8.01. The van der Waals surface area contributed by atoms with Crippen LogP contribution in [0, 0.1) is 0 Å². The summed E-state index contributed by atoms with van der Waals surface area (Å²) < 4.78 is 2.76. The zero-order valence-electron chi connectivity index (χ0n) is 15.9. The summed E-state index contributed by atoms with van der Waals surface area (Å²) in [4.78, 5) is 38.0. The molecular weight excluding hydrogens is 450 g/mol. The quantitative estimate of drug-likeness (QED) is 0.251. The Morgan fingerprint density at radius 3 is 2.90 bits per heavy atom. The molecule has 2 atom stereocenters. The molecule has 4 rings (SSSR count). The first-order valence-corrected chi connectivity index (χ1v) is 11.0. The van der Waals surface area contributed by atoms with Crippen LogP contribution in [0.1, 0.15) is 0 Å². The van der Waals surface area contributed by atoms with Crippen molar-refractivity contribution in [2.24, 2.45) is 5.73 Å². The molecule has 2 amide bonds. The number of fused-ring (bicyclic) bond motifs is 1. The minimum Gasteiger partial charge on any atom is -0.477 e. The highest BCUT2D eigenvalue weighted by atomic mass is 32.2. The fourth-order valence-electron chi connectivity index (χ4n) is 3.13. The van der Waals surface area contributed by atoms with Gasteiger partial charge in [-0.25, -0.2) is 14.2 Å². The first kappa shape index (κ1) is 21.2. The fraction of sp³-hybridized carbons (Fsp3) is 0.500. The van der Waals surface area contributed by atoms with Crippen molar-refractivity contribution in [3.05, 3.63) is 17.6 Å². The van der Waals surface area contributed by atoms with Crippen molar-refractivity contribution < 1.29 is 19.5 Å². The Balaban J connectivity index is 1.43. The number of thioether (sulfide) groups is 2. The summed E-state index contributed by atoms with van der Waals surface area (Å²) in [7, 11) is 0. The smallest absolute Gasteiger partial charge is 0.352 e. The van der Waals surface area contributed by atoms with Crippen LogP contribution in [0.4, 0.5) is 0 Å². The molecule has 164 valence electrons. The van der Waals surface area contributed by atoms with Crippen molar-refractivity contribution >= 4 is 41.3 Å². The lowest BCUT2D eigenvalue weighted by atomic mass is 10.0. The number of β-lactam (4-membered cyclic amide) rings is 1. The molecule has 17 heteroatoms. The fourth-order valence-corrected chi connectivity index (χ4v) is 5.52. The van der Waals surface area contributed by atoms with Crippen LogP contribution in [0.15, 0.2) is 22.8 Å². The van der Waals surface area contributed by atoms with Gasteiger partial charge in [0.25, 0.3) is 5.91 Å². The molecule has 0 radical (unpaired) electrons. The van der Waals surface area contributed by atoms with Crippen molar-refractivity contribution in [3.63, 3.8) is 0 Å². The molecule has 0 aromatic carbocycles. The Bertz CT molecular complexity index is 1020. The summed E-state index contributed by atoms with van der Waals surface area (Å²) in [5, 5.41) is 34.2. The van der Waals surface area contributed by atoms with Gasteiger partial charge < -0.3 is 16.2 Å². The van der Waals surface area contributed by atoms with Gasteiger partial charge in [-0.3, -0.25) is 14.5 Å². The molecule has 0 bridgehead atoms. The lowest BCUT2D eigenvalue weighted by Crippen LogP contribution is -2.70. The molecule has 0 saturated carbocycles. The lowest BCUT2D eigenvalue weighted by molar-refractivity contribution is -0.150. The van der Waals surface area contributed by atoms with Gasteiger partial charge in [0.15, 0.2) is 0 Å². The van der Waals surface area contributed by atoms with Gasteiger partial charge in [-0.1, -0.05) is 11.8 Å². The normalized spacial score (nSPS) is 20.4. The molecule has 0 aliphatic carbocycles. The summed E-state index contributed by atoms with van der Waals surface area (Å²) in [5.74, 6) is -1.43. The number of hydrogen-bond acceptors (Lipinski definition) is 12. The number of aliphatic carboxylic acids is 1. The third kappa shape index (κ3) is 4.23. The van der Waals surface area contributed by atoms with Gasteiger partial charge >= 0.3 is 5.97 Å². The summed E-state index contributed by atoms with van der Waals surface area (Å²) >= 11 is 2.66. The first-order valence-electron chi connectivity index (χ1n) is 8.98. The second-order valence-corrected chi connectivity index (χ2v) is 8.53. The number of carbonyl (C=O) groups excluding carboxylic acids is 2. The number of carbonyl (C=O) groups is 3. The Hall–Kier alpha value is -3.05. The summed E-state index contributed by atoms with van der Waals surface area (Å²) in [6, 6.07) is -0.811. The van der Waals surface area contributed by atoms with Gasteiger partial charge in [0.1, 0.15) is 30.0 Å². The van der Waals surface area contributed by atoms with E-state index in [2.05, 4.69) is 36.4 Å². The standard InChI is InChI=1S/C14H17N11O4S2/c15-1-2-24-14(18-20-22-24)31-5-7-4-30-12-9(11(27)25(12)10(7)13(28)29)17-8(26)3-23-6-16-19-21-23/h6,9,12H,1-5,15H2,(H,17,26)(H,28,29)/t9?,12-/m1/s1. The van der Waals surface area contributed by atoms with Crippen molar-refractivity contribution in [3.8, 4) is 0 Å². The minimum atomic E-state index is -1.20. The van der Waals surface area contributed by atoms with Crippen LogP contribution in [-0.2, 0) is 27.5 Å². The maximum absolute atomic E-state index is 12.7. The molecule has 1 fully saturated rings. The highest BCUT2D eigenvalue weighted by Gasteiger charge is 2.54. The Labute approximate surface area is 182 Å². The third-order valence-corrected chi connectivity index (χ3v) is 6.86. The SMILES string of the molecule is NCCn1nnnc1SCC1=C(C(=O)O)N2C(=O)C(NC(=O)Cn3cnnn3)[C@H]2SC1. The van der Waals surface area contributed by atoms with Gasteiger partial charge in [-0.05, 0) is 26.4 Å². The predicted molar refractivity (Wildman–Crippen MR) is 105 cm³/mol. The molecule has 0 spiro atoms. The summed E-state index contributed by atoms with van der Waals surface area (Å²) in [6.45, 7) is 0.658. The van der Waals surface area contributed by atoms with Crippen LogP contribution in [0.5, 0.6) is 0 Å². The number of aromatic nitrogens is 8.